The van der Waals surface area contributed by atoms with Gasteiger partial charge in [0.15, 0.2) is 0 Å². The fourth-order valence-corrected chi connectivity index (χ4v) is 3.28. The maximum atomic E-state index is 4.23. The van der Waals surface area contributed by atoms with Crippen molar-refractivity contribution in [1.29, 1.82) is 0 Å². The van der Waals surface area contributed by atoms with Gasteiger partial charge in [0.1, 0.15) is 5.01 Å². The predicted molar refractivity (Wildman–Crippen MR) is 72.4 cm³/mol. The van der Waals surface area contributed by atoms with Crippen molar-refractivity contribution in [1.82, 2.24) is 15.1 Å². The van der Waals surface area contributed by atoms with Gasteiger partial charge in [-0.1, -0.05) is 24.7 Å². The molecule has 5 heteroatoms. The van der Waals surface area contributed by atoms with Crippen LogP contribution in [0.4, 0.5) is 5.13 Å². The summed E-state index contributed by atoms with van der Waals surface area (Å²) < 4.78 is 0. The Morgan fingerprint density at radius 3 is 3.06 bits per heavy atom. The van der Waals surface area contributed by atoms with Crippen LogP contribution in [-0.2, 0) is 6.54 Å². The molecule has 2 heterocycles. The van der Waals surface area contributed by atoms with Gasteiger partial charge < -0.3 is 5.32 Å². The van der Waals surface area contributed by atoms with Crippen LogP contribution in [-0.4, -0.2) is 34.7 Å². The Kier molecular flexibility index (Phi) is 4.74. The molecule has 0 aromatic carbocycles. The number of nitrogens with one attached hydrogen (secondary N) is 1. The van der Waals surface area contributed by atoms with Crippen LogP contribution in [0, 0.1) is 5.92 Å². The largest absolute Gasteiger partial charge is 0.360 e. The smallest absolute Gasteiger partial charge is 0.205 e. The summed E-state index contributed by atoms with van der Waals surface area (Å²) in [7, 11) is 0. The minimum absolute atomic E-state index is 0.904. The average Bonchev–Trinajstić information content (AvgIpc) is 2.91. The maximum absolute atomic E-state index is 4.23. The summed E-state index contributed by atoms with van der Waals surface area (Å²) >= 11 is 1.68. The number of hydrogen-bond acceptors (Lipinski definition) is 5. The zero-order valence-electron chi connectivity index (χ0n) is 10.8. The summed E-state index contributed by atoms with van der Waals surface area (Å²) in [4.78, 5) is 2.51. The molecule has 1 fully saturated rings. The van der Waals surface area contributed by atoms with Crippen LogP contribution in [0.5, 0.6) is 0 Å². The highest BCUT2D eigenvalue weighted by Crippen LogP contribution is 2.24. The van der Waals surface area contributed by atoms with Gasteiger partial charge in [-0.05, 0) is 32.2 Å². The van der Waals surface area contributed by atoms with Gasteiger partial charge in [-0.2, -0.15) is 0 Å². The second-order valence-corrected chi connectivity index (χ2v) is 5.77. The highest BCUT2D eigenvalue weighted by Gasteiger charge is 2.22. The third-order valence-electron chi connectivity index (χ3n) is 3.22. The Labute approximate surface area is 107 Å². The normalized spacial score (nSPS) is 20.9. The van der Waals surface area contributed by atoms with E-state index in [0.717, 1.165) is 29.1 Å². The Hall–Kier alpha value is -0.680. The monoisotopic (exact) mass is 254 g/mol. The molecule has 1 atom stereocenters. The molecule has 0 spiro atoms. The summed E-state index contributed by atoms with van der Waals surface area (Å²) in [6, 6.07) is 0. The number of hydrogen-bond donors (Lipinski definition) is 1. The summed E-state index contributed by atoms with van der Waals surface area (Å²) in [5.74, 6) is 0.904. The molecule has 2 rings (SSSR count). The molecule has 17 heavy (non-hydrogen) atoms. The topological polar surface area (TPSA) is 41.1 Å². The Balaban J connectivity index is 1.80. The zero-order valence-corrected chi connectivity index (χ0v) is 11.6. The molecule has 1 aliphatic rings. The fourth-order valence-electron chi connectivity index (χ4n) is 2.43. The molecule has 0 aliphatic carbocycles. The molecule has 4 nitrogen and oxygen atoms in total. The van der Waals surface area contributed by atoms with Crippen LogP contribution in [0.25, 0.3) is 0 Å². The lowest BCUT2D eigenvalue weighted by Crippen LogP contribution is -2.19. The van der Waals surface area contributed by atoms with E-state index in [2.05, 4.69) is 34.3 Å². The van der Waals surface area contributed by atoms with E-state index in [4.69, 9.17) is 0 Å². The van der Waals surface area contributed by atoms with Crippen molar-refractivity contribution >= 4 is 16.5 Å². The van der Waals surface area contributed by atoms with Crippen LogP contribution < -0.4 is 5.32 Å². The molecule has 1 aromatic rings. The second-order valence-electron chi connectivity index (χ2n) is 4.71. The quantitative estimate of drug-likeness (QED) is 0.847. The highest BCUT2D eigenvalue weighted by atomic mass is 32.1. The fraction of sp³-hybridized carbons (Fsp3) is 0.833. The van der Waals surface area contributed by atoms with Crippen LogP contribution >= 0.6 is 11.3 Å². The van der Waals surface area contributed by atoms with Gasteiger partial charge in [0.05, 0.1) is 6.54 Å². The third kappa shape index (κ3) is 3.64. The van der Waals surface area contributed by atoms with E-state index in [1.165, 1.54) is 32.4 Å². The van der Waals surface area contributed by atoms with Crippen molar-refractivity contribution in [2.75, 3.05) is 25.0 Å². The molecule has 1 saturated heterocycles. The third-order valence-corrected chi connectivity index (χ3v) is 4.09. The van der Waals surface area contributed by atoms with Crippen LogP contribution in [0.2, 0.25) is 0 Å². The van der Waals surface area contributed by atoms with Gasteiger partial charge in [0.25, 0.3) is 0 Å². The van der Waals surface area contributed by atoms with Crippen LogP contribution in [0.1, 0.15) is 38.1 Å². The van der Waals surface area contributed by atoms with E-state index in [1.54, 1.807) is 11.3 Å². The molecule has 96 valence electrons. The first-order valence-corrected chi connectivity index (χ1v) is 7.42. The van der Waals surface area contributed by atoms with E-state index >= 15 is 0 Å². The number of nitrogens with zero attached hydrogens (tertiary/aromatic N) is 3. The maximum Gasteiger partial charge on any atom is 0.205 e. The van der Waals surface area contributed by atoms with Crippen molar-refractivity contribution in [3.8, 4) is 0 Å². The van der Waals surface area contributed by atoms with Gasteiger partial charge in [0.2, 0.25) is 5.13 Å². The molecular formula is C12H22N4S. The first-order valence-electron chi connectivity index (χ1n) is 6.60. The standard InChI is InChI=1S/C12H22N4S/c1-3-5-10-6-7-16(8-10)9-11-14-15-12(17-11)13-4-2/h10H,3-9H2,1-2H3,(H,13,15). The van der Waals surface area contributed by atoms with Crippen LogP contribution in [0.15, 0.2) is 0 Å². The molecule has 1 N–H and O–H groups in total. The summed E-state index contributed by atoms with van der Waals surface area (Å²) in [5, 5.41) is 13.7. The lowest BCUT2D eigenvalue weighted by Gasteiger charge is -2.13. The molecule has 1 aromatic heterocycles. The molecule has 0 bridgehead atoms. The average molecular weight is 254 g/mol. The molecule has 1 aliphatic heterocycles. The number of anilines is 1. The van der Waals surface area contributed by atoms with Crippen molar-refractivity contribution in [2.45, 2.75) is 39.7 Å². The zero-order chi connectivity index (χ0) is 12.1. The second kappa shape index (κ2) is 6.31. The molecule has 0 amide bonds. The summed E-state index contributed by atoms with van der Waals surface area (Å²) in [6.07, 6.45) is 4.03. The summed E-state index contributed by atoms with van der Waals surface area (Å²) in [5.41, 5.74) is 0. The van der Waals surface area contributed by atoms with E-state index in [0.29, 0.717) is 0 Å². The van der Waals surface area contributed by atoms with Crippen LogP contribution in [0.3, 0.4) is 0 Å². The Morgan fingerprint density at radius 2 is 2.29 bits per heavy atom. The highest BCUT2D eigenvalue weighted by molar-refractivity contribution is 7.15. The molecule has 1 unspecified atom stereocenters. The molecule has 0 radical (unpaired) electrons. The van der Waals surface area contributed by atoms with E-state index in [1.807, 2.05) is 0 Å². The van der Waals surface area contributed by atoms with E-state index in [-0.39, 0.29) is 0 Å². The molecule has 0 saturated carbocycles. The van der Waals surface area contributed by atoms with Crippen molar-refractivity contribution in [2.24, 2.45) is 5.92 Å². The first-order chi connectivity index (χ1) is 8.31. The lowest BCUT2D eigenvalue weighted by atomic mass is 10.0. The van der Waals surface area contributed by atoms with Gasteiger partial charge in [-0.3, -0.25) is 4.90 Å². The lowest BCUT2D eigenvalue weighted by molar-refractivity contribution is 0.311. The SMILES string of the molecule is CCCC1CCN(Cc2nnc(NCC)s2)C1. The van der Waals surface area contributed by atoms with Crippen molar-refractivity contribution in [3.05, 3.63) is 5.01 Å². The number of rotatable bonds is 6. The Morgan fingerprint density at radius 1 is 1.41 bits per heavy atom. The Bertz CT molecular complexity index is 339. The predicted octanol–water partition coefficient (Wildman–Crippen LogP) is 2.59. The van der Waals surface area contributed by atoms with Gasteiger partial charge in [-0.15, -0.1) is 10.2 Å². The molecular weight excluding hydrogens is 232 g/mol. The van der Waals surface area contributed by atoms with Gasteiger partial charge in [-0.25, -0.2) is 0 Å². The van der Waals surface area contributed by atoms with Gasteiger partial charge in [0, 0.05) is 13.1 Å². The van der Waals surface area contributed by atoms with E-state index in [9.17, 15) is 0 Å². The van der Waals surface area contributed by atoms with Gasteiger partial charge >= 0.3 is 0 Å². The number of aromatic nitrogens is 2. The van der Waals surface area contributed by atoms with Crippen molar-refractivity contribution in [3.63, 3.8) is 0 Å². The number of likely N-dealkylation sites (tertiary alicyclic amines) is 1. The van der Waals surface area contributed by atoms with Crippen molar-refractivity contribution < 1.29 is 0 Å². The first kappa shape index (κ1) is 12.8. The minimum atomic E-state index is 0.904. The minimum Gasteiger partial charge on any atom is -0.360 e. The van der Waals surface area contributed by atoms with E-state index < -0.39 is 0 Å². The summed E-state index contributed by atoms with van der Waals surface area (Å²) in [6.45, 7) is 8.71.